The van der Waals surface area contributed by atoms with E-state index in [0.717, 1.165) is 0 Å². The Kier molecular flexibility index (Phi) is 6.36. The minimum absolute atomic E-state index is 2.00. The molecule has 0 radical (unpaired) electrons. The Labute approximate surface area is 48.3 Å². The second-order valence-corrected chi connectivity index (χ2v) is 1.34. The van der Waals surface area contributed by atoms with Crippen LogP contribution in [0.3, 0.4) is 0 Å². The molecule has 0 bridgehead atoms. The Hall–Kier alpha value is 0.189. The van der Waals surface area contributed by atoms with Crippen LogP contribution in [0.25, 0.3) is 0 Å². The molecule has 0 spiro atoms. The molecule has 0 heterocycles. The van der Waals surface area contributed by atoms with E-state index in [9.17, 15) is 0 Å². The summed E-state index contributed by atoms with van der Waals surface area (Å²) in [7, 11) is -4.67. The fourth-order valence-corrected chi connectivity index (χ4v) is 0. The van der Waals surface area contributed by atoms with Gasteiger partial charge in [-0.05, 0) is 0 Å². The third-order valence-electron chi connectivity index (χ3n) is 0. The molecule has 0 saturated heterocycles. The summed E-state index contributed by atoms with van der Waals surface area (Å²) >= 11 is 2.00. The van der Waals surface area contributed by atoms with E-state index >= 15 is 0 Å². The van der Waals surface area contributed by atoms with Crippen LogP contribution in [-0.2, 0) is 30.2 Å². The van der Waals surface area contributed by atoms with Gasteiger partial charge in [-0.25, -0.2) is 0 Å². The van der Waals surface area contributed by atoms with Crippen LogP contribution in [0.2, 0.25) is 0 Å². The number of hydrogen-bond donors (Lipinski definition) is 2. The van der Waals surface area contributed by atoms with Crippen molar-refractivity contribution >= 4 is 10.4 Å². The maximum atomic E-state index is 8.74. The summed E-state index contributed by atoms with van der Waals surface area (Å²) < 4.78 is 39.6. The molecular formula is H2FeO5S. The molecule has 0 saturated carbocycles. The number of rotatable bonds is 0. The summed E-state index contributed by atoms with van der Waals surface area (Å²) in [5.41, 5.74) is 0. The summed E-state index contributed by atoms with van der Waals surface area (Å²) in [5.74, 6) is 0. The zero-order valence-electron chi connectivity index (χ0n) is 2.88. The van der Waals surface area contributed by atoms with Crippen molar-refractivity contribution in [3.63, 3.8) is 0 Å². The fraction of sp³-hybridized carbons (Fsp3) is 0. The van der Waals surface area contributed by atoms with Crippen molar-refractivity contribution in [1.29, 1.82) is 0 Å². The third kappa shape index (κ3) is 3030. The molecule has 0 aromatic carbocycles. The van der Waals surface area contributed by atoms with E-state index in [-0.39, 0.29) is 0 Å². The van der Waals surface area contributed by atoms with Crippen LogP contribution in [0.4, 0.5) is 0 Å². The first-order valence-electron chi connectivity index (χ1n) is 0.843. The van der Waals surface area contributed by atoms with Gasteiger partial charge >= 0.3 is 30.2 Å². The van der Waals surface area contributed by atoms with Gasteiger partial charge in [-0.1, -0.05) is 0 Å². The molecule has 2 N–H and O–H groups in total. The average Bonchev–Trinajstić information content (AvgIpc) is 1.36. The van der Waals surface area contributed by atoms with E-state index in [2.05, 4.69) is 0 Å². The molecule has 0 unspecified atom stereocenters. The van der Waals surface area contributed by atoms with Crippen molar-refractivity contribution in [2.24, 2.45) is 0 Å². The molecule has 0 amide bonds. The second-order valence-electron chi connectivity index (χ2n) is 0.448. The van der Waals surface area contributed by atoms with Crippen molar-refractivity contribution < 1.29 is 37.3 Å². The molecule has 0 atom stereocenters. The van der Waals surface area contributed by atoms with Gasteiger partial charge in [0.25, 0.3) is 0 Å². The van der Waals surface area contributed by atoms with Gasteiger partial charge in [0.05, 0.1) is 0 Å². The predicted octanol–water partition coefficient (Wildman–Crippen LogP) is -0.774. The van der Waals surface area contributed by atoms with Crippen molar-refractivity contribution in [2.75, 3.05) is 0 Å². The van der Waals surface area contributed by atoms with Crippen molar-refractivity contribution in [2.45, 2.75) is 0 Å². The molecule has 0 aliphatic rings. The quantitative estimate of drug-likeness (QED) is 0.367. The number of hydrogen-bond acceptors (Lipinski definition) is 3. The molecule has 0 fully saturated rings. The van der Waals surface area contributed by atoms with E-state index in [0.29, 0.717) is 0 Å². The van der Waals surface area contributed by atoms with Crippen molar-refractivity contribution in [3.8, 4) is 0 Å². The summed E-state index contributed by atoms with van der Waals surface area (Å²) in [5, 5.41) is 0. The van der Waals surface area contributed by atoms with Crippen molar-refractivity contribution in [3.05, 3.63) is 0 Å². The predicted molar refractivity (Wildman–Crippen MR) is 14.9 cm³/mol. The van der Waals surface area contributed by atoms with Gasteiger partial charge < -0.3 is 0 Å². The van der Waals surface area contributed by atoms with Gasteiger partial charge in [0.1, 0.15) is 0 Å². The molecule has 0 aliphatic heterocycles. The zero-order valence-corrected chi connectivity index (χ0v) is 4.80. The summed E-state index contributed by atoms with van der Waals surface area (Å²) in [6.07, 6.45) is 0. The van der Waals surface area contributed by atoms with Crippen LogP contribution >= 0.6 is 0 Å². The van der Waals surface area contributed by atoms with Crippen LogP contribution in [0.15, 0.2) is 0 Å². The van der Waals surface area contributed by atoms with E-state index in [1.54, 1.807) is 0 Å². The van der Waals surface area contributed by atoms with Crippen molar-refractivity contribution in [1.82, 2.24) is 0 Å². The molecule has 0 aromatic rings. The van der Waals surface area contributed by atoms with E-state index in [1.807, 2.05) is 15.9 Å². The zero-order chi connectivity index (χ0) is 6.50. The first-order valence-corrected chi connectivity index (χ1v) is 2.69. The Balaban J connectivity index is 0. The van der Waals surface area contributed by atoms with Gasteiger partial charge in [0.2, 0.25) is 0 Å². The summed E-state index contributed by atoms with van der Waals surface area (Å²) in [4.78, 5) is 0. The SMILES string of the molecule is O=S(=O)(O)O.[O]=[Fe]. The monoisotopic (exact) mass is 170 g/mol. The van der Waals surface area contributed by atoms with Crippen LogP contribution in [0.1, 0.15) is 0 Å². The normalized spacial score (nSPS) is 9.00. The molecule has 5 nitrogen and oxygen atoms in total. The fourth-order valence-electron chi connectivity index (χ4n) is 0. The first kappa shape index (κ1) is 10.2. The Morgan fingerprint density at radius 2 is 1.14 bits per heavy atom. The Morgan fingerprint density at radius 3 is 1.14 bits per heavy atom. The molecule has 7 heteroatoms. The van der Waals surface area contributed by atoms with E-state index in [4.69, 9.17) is 21.4 Å². The molecule has 46 valence electrons. The molecule has 0 rings (SSSR count). The Morgan fingerprint density at radius 1 is 1.14 bits per heavy atom. The molecule has 0 aromatic heterocycles. The average molecular weight is 170 g/mol. The van der Waals surface area contributed by atoms with E-state index in [1.165, 1.54) is 0 Å². The van der Waals surface area contributed by atoms with Gasteiger partial charge in [0, 0.05) is 0 Å². The summed E-state index contributed by atoms with van der Waals surface area (Å²) in [6, 6.07) is 0. The second kappa shape index (κ2) is 4.35. The summed E-state index contributed by atoms with van der Waals surface area (Å²) in [6.45, 7) is 0. The van der Waals surface area contributed by atoms with E-state index < -0.39 is 10.4 Å². The maximum absolute atomic E-state index is 8.74. The van der Waals surface area contributed by atoms with Crippen LogP contribution in [0.5, 0.6) is 0 Å². The third-order valence-corrected chi connectivity index (χ3v) is 0. The standard InChI is InChI=1S/Fe.H2O4S.O/c;1-5(2,3)4;/h;(H2,1,2,3,4);. The molecular weight excluding hydrogens is 168 g/mol. The van der Waals surface area contributed by atoms with Crippen LogP contribution in [0, 0.1) is 0 Å². The topological polar surface area (TPSA) is 91.7 Å². The Bertz CT molecular complexity index is 102. The molecule has 7 heavy (non-hydrogen) atoms. The van der Waals surface area contributed by atoms with Gasteiger partial charge in [0.15, 0.2) is 0 Å². The minimum atomic E-state index is -4.67. The van der Waals surface area contributed by atoms with Gasteiger partial charge in [-0.2, -0.15) is 8.42 Å². The first-order chi connectivity index (χ1) is 3.00. The van der Waals surface area contributed by atoms with Crippen LogP contribution < -0.4 is 0 Å². The van der Waals surface area contributed by atoms with Gasteiger partial charge in [-0.15, -0.1) is 0 Å². The van der Waals surface area contributed by atoms with Crippen LogP contribution in [-0.4, -0.2) is 17.5 Å². The molecule has 0 aliphatic carbocycles. The van der Waals surface area contributed by atoms with Gasteiger partial charge in [-0.3, -0.25) is 9.11 Å².